The van der Waals surface area contributed by atoms with Crippen LogP contribution in [-0.2, 0) is 9.53 Å². The van der Waals surface area contributed by atoms with Crippen LogP contribution in [-0.4, -0.2) is 12.1 Å². The second kappa shape index (κ2) is 7.90. The van der Waals surface area contributed by atoms with E-state index in [-0.39, 0.29) is 12.1 Å². The maximum absolute atomic E-state index is 12.8. The summed E-state index contributed by atoms with van der Waals surface area (Å²) in [5.41, 5.74) is 1.33. The third kappa shape index (κ3) is 5.02. The molecule has 0 amide bonds. The molecule has 26 heavy (non-hydrogen) atoms. The number of fused-ring (bicyclic) bond motifs is 1. The van der Waals surface area contributed by atoms with Crippen molar-refractivity contribution in [2.45, 2.75) is 87.2 Å². The van der Waals surface area contributed by atoms with Gasteiger partial charge in [0.25, 0.3) is 0 Å². The van der Waals surface area contributed by atoms with E-state index in [1.807, 2.05) is 13.8 Å². The SMILES string of the molecule is CCC(C)(C)C(=O)O[C@H]1C[C@@H](C)C=C2C=C[C@H](C)[C@H](CCC(C)(C)C)[C@H]21. The first-order chi connectivity index (χ1) is 11.9. The van der Waals surface area contributed by atoms with Crippen molar-refractivity contribution in [3.63, 3.8) is 0 Å². The molecule has 0 unspecified atom stereocenters. The van der Waals surface area contributed by atoms with Crippen molar-refractivity contribution in [3.8, 4) is 0 Å². The molecule has 0 spiro atoms. The Balaban J connectivity index is 2.26. The summed E-state index contributed by atoms with van der Waals surface area (Å²) in [4.78, 5) is 12.8. The predicted molar refractivity (Wildman–Crippen MR) is 110 cm³/mol. The van der Waals surface area contributed by atoms with Crippen LogP contribution in [0.5, 0.6) is 0 Å². The molecule has 0 heterocycles. The smallest absolute Gasteiger partial charge is 0.311 e. The van der Waals surface area contributed by atoms with Crippen molar-refractivity contribution in [1.29, 1.82) is 0 Å². The molecule has 0 saturated heterocycles. The van der Waals surface area contributed by atoms with Crippen LogP contribution in [0.15, 0.2) is 23.8 Å². The fraction of sp³-hybridized carbons (Fsp3) is 0.792. The number of hydrogen-bond acceptors (Lipinski definition) is 2. The maximum atomic E-state index is 12.8. The molecule has 0 aromatic rings. The van der Waals surface area contributed by atoms with E-state index in [0.29, 0.717) is 29.1 Å². The highest BCUT2D eigenvalue weighted by atomic mass is 16.5. The van der Waals surface area contributed by atoms with Crippen LogP contribution in [0.1, 0.15) is 81.1 Å². The summed E-state index contributed by atoms with van der Waals surface area (Å²) in [6, 6.07) is 0. The number of ether oxygens (including phenoxy) is 1. The van der Waals surface area contributed by atoms with Gasteiger partial charge in [0, 0.05) is 5.92 Å². The minimum atomic E-state index is -0.401. The summed E-state index contributed by atoms with van der Waals surface area (Å²) in [7, 11) is 0. The molecule has 0 bridgehead atoms. The summed E-state index contributed by atoms with van der Waals surface area (Å²) >= 11 is 0. The summed E-state index contributed by atoms with van der Waals surface area (Å²) in [6.45, 7) is 17.6. The Morgan fingerprint density at radius 1 is 1.19 bits per heavy atom. The maximum Gasteiger partial charge on any atom is 0.311 e. The fourth-order valence-electron chi connectivity index (χ4n) is 4.26. The van der Waals surface area contributed by atoms with Crippen molar-refractivity contribution in [3.05, 3.63) is 23.8 Å². The van der Waals surface area contributed by atoms with E-state index < -0.39 is 5.41 Å². The van der Waals surface area contributed by atoms with E-state index in [2.05, 4.69) is 59.8 Å². The van der Waals surface area contributed by atoms with Gasteiger partial charge in [-0.2, -0.15) is 0 Å². The highest BCUT2D eigenvalue weighted by Crippen LogP contribution is 2.46. The van der Waals surface area contributed by atoms with Gasteiger partial charge >= 0.3 is 5.97 Å². The van der Waals surface area contributed by atoms with Gasteiger partial charge in [-0.3, -0.25) is 4.79 Å². The quantitative estimate of drug-likeness (QED) is 0.519. The molecule has 0 radical (unpaired) electrons. The largest absolute Gasteiger partial charge is 0.461 e. The molecule has 2 heteroatoms. The lowest BCUT2D eigenvalue weighted by Gasteiger charge is -2.44. The molecule has 0 aromatic carbocycles. The lowest BCUT2D eigenvalue weighted by atomic mass is 9.64. The standard InChI is InChI=1S/C24H40O2/c1-9-24(7,8)22(25)26-20-15-16(2)14-18-11-10-17(3)19(21(18)20)12-13-23(4,5)6/h10-11,14,16-17,19-21H,9,12-13,15H2,1-8H3/t16-,17-,19-,20-,21-/m0/s1. The predicted octanol–water partition coefficient (Wildman–Crippen LogP) is 6.57. The molecule has 5 atom stereocenters. The van der Waals surface area contributed by atoms with Gasteiger partial charge < -0.3 is 4.74 Å². The Morgan fingerprint density at radius 2 is 1.85 bits per heavy atom. The average molecular weight is 361 g/mol. The van der Waals surface area contributed by atoms with Crippen LogP contribution in [0, 0.1) is 34.5 Å². The molecular formula is C24H40O2. The van der Waals surface area contributed by atoms with E-state index in [0.717, 1.165) is 12.8 Å². The Labute approximate surface area is 161 Å². The van der Waals surface area contributed by atoms with Crippen molar-refractivity contribution in [1.82, 2.24) is 0 Å². The first-order valence-corrected chi connectivity index (χ1v) is 10.6. The minimum absolute atomic E-state index is 0.0145. The number of allylic oxidation sites excluding steroid dienone is 3. The molecular weight excluding hydrogens is 320 g/mol. The Hall–Kier alpha value is -1.05. The summed E-state index contributed by atoms with van der Waals surface area (Å²) in [5.74, 6) is 1.87. The molecule has 0 aliphatic heterocycles. The molecule has 2 aliphatic rings. The fourth-order valence-corrected chi connectivity index (χ4v) is 4.26. The zero-order chi connectivity index (χ0) is 19.7. The molecule has 2 rings (SSSR count). The highest BCUT2D eigenvalue weighted by molar-refractivity contribution is 5.76. The minimum Gasteiger partial charge on any atom is -0.461 e. The summed E-state index contributed by atoms with van der Waals surface area (Å²) in [6.07, 6.45) is 11.2. The Morgan fingerprint density at radius 3 is 2.42 bits per heavy atom. The normalized spacial score (nSPS) is 32.0. The van der Waals surface area contributed by atoms with Crippen molar-refractivity contribution >= 4 is 5.97 Å². The van der Waals surface area contributed by atoms with Gasteiger partial charge in [-0.05, 0) is 68.3 Å². The van der Waals surface area contributed by atoms with Crippen molar-refractivity contribution in [2.24, 2.45) is 34.5 Å². The number of esters is 1. The lowest BCUT2D eigenvalue weighted by Crippen LogP contribution is -2.43. The molecule has 148 valence electrons. The van der Waals surface area contributed by atoms with Crippen LogP contribution in [0.4, 0.5) is 0 Å². The molecule has 2 nitrogen and oxygen atoms in total. The van der Waals surface area contributed by atoms with Crippen LogP contribution < -0.4 is 0 Å². The first kappa shape index (κ1) is 21.3. The molecule has 2 aliphatic carbocycles. The molecule has 0 aromatic heterocycles. The van der Waals surface area contributed by atoms with Crippen LogP contribution in [0.2, 0.25) is 0 Å². The van der Waals surface area contributed by atoms with Crippen molar-refractivity contribution in [2.75, 3.05) is 0 Å². The second-order valence-electron chi connectivity index (χ2n) is 10.6. The van der Waals surface area contributed by atoms with E-state index in [4.69, 9.17) is 4.74 Å². The highest BCUT2D eigenvalue weighted by Gasteiger charge is 2.42. The van der Waals surface area contributed by atoms with Gasteiger partial charge in [-0.25, -0.2) is 0 Å². The van der Waals surface area contributed by atoms with Gasteiger partial charge in [0.1, 0.15) is 6.10 Å². The van der Waals surface area contributed by atoms with Crippen LogP contribution in [0.3, 0.4) is 0 Å². The first-order valence-electron chi connectivity index (χ1n) is 10.6. The zero-order valence-electron chi connectivity index (χ0n) is 18.3. The zero-order valence-corrected chi connectivity index (χ0v) is 18.3. The van der Waals surface area contributed by atoms with Gasteiger partial charge in [0.15, 0.2) is 0 Å². The molecule has 0 fully saturated rings. The van der Waals surface area contributed by atoms with Crippen molar-refractivity contribution < 1.29 is 9.53 Å². The number of rotatable bonds is 5. The van der Waals surface area contributed by atoms with Crippen LogP contribution >= 0.6 is 0 Å². The summed E-state index contributed by atoms with van der Waals surface area (Å²) < 4.78 is 6.18. The number of carbonyl (C=O) groups excluding carboxylic acids is 1. The van der Waals surface area contributed by atoms with Crippen LogP contribution in [0.25, 0.3) is 0 Å². The Bertz CT molecular complexity index is 561. The van der Waals surface area contributed by atoms with E-state index in [1.165, 1.54) is 18.4 Å². The van der Waals surface area contributed by atoms with Gasteiger partial charge in [0.05, 0.1) is 5.41 Å². The number of hydrogen-bond donors (Lipinski definition) is 0. The van der Waals surface area contributed by atoms with Gasteiger partial charge in [-0.15, -0.1) is 0 Å². The molecule has 0 saturated carbocycles. The molecule has 0 N–H and O–H groups in total. The van der Waals surface area contributed by atoms with Gasteiger partial charge in [-0.1, -0.05) is 59.8 Å². The monoisotopic (exact) mass is 360 g/mol. The van der Waals surface area contributed by atoms with Gasteiger partial charge in [0.2, 0.25) is 0 Å². The Kier molecular flexibility index (Phi) is 6.46. The summed E-state index contributed by atoms with van der Waals surface area (Å²) in [5, 5.41) is 0. The third-order valence-electron chi connectivity index (χ3n) is 6.52. The third-order valence-corrected chi connectivity index (χ3v) is 6.52. The van der Waals surface area contributed by atoms with E-state index >= 15 is 0 Å². The van der Waals surface area contributed by atoms with E-state index in [9.17, 15) is 4.79 Å². The lowest BCUT2D eigenvalue weighted by molar-refractivity contribution is -0.164. The number of carbonyl (C=O) groups is 1. The topological polar surface area (TPSA) is 26.3 Å². The van der Waals surface area contributed by atoms with E-state index in [1.54, 1.807) is 0 Å². The average Bonchev–Trinajstić information content (AvgIpc) is 2.53. The second-order valence-corrected chi connectivity index (χ2v) is 10.6.